The number of rotatable bonds is 5. The predicted molar refractivity (Wildman–Crippen MR) is 96.4 cm³/mol. The molecule has 0 saturated carbocycles. The van der Waals surface area contributed by atoms with E-state index in [1.165, 1.54) is 0 Å². The number of hydrogen-bond donors (Lipinski definition) is 1. The Labute approximate surface area is 153 Å². The van der Waals surface area contributed by atoms with Crippen molar-refractivity contribution in [2.75, 3.05) is 19.7 Å². The molecule has 0 bridgehead atoms. The van der Waals surface area contributed by atoms with Gasteiger partial charge in [-0.2, -0.15) is 5.10 Å². The highest BCUT2D eigenvalue weighted by molar-refractivity contribution is 5.77. The minimum absolute atomic E-state index is 0.00243. The van der Waals surface area contributed by atoms with E-state index >= 15 is 0 Å². The van der Waals surface area contributed by atoms with Gasteiger partial charge in [0.1, 0.15) is 12.2 Å². The van der Waals surface area contributed by atoms with Crippen LogP contribution in [0.4, 0.5) is 0 Å². The van der Waals surface area contributed by atoms with E-state index in [9.17, 15) is 4.79 Å². The Hall–Kier alpha value is -2.25. The van der Waals surface area contributed by atoms with Crippen LogP contribution in [0.15, 0.2) is 36.7 Å². The molecule has 4 rings (SSSR count). The monoisotopic (exact) mass is 355 g/mol. The van der Waals surface area contributed by atoms with Crippen LogP contribution in [0.5, 0.6) is 0 Å². The summed E-state index contributed by atoms with van der Waals surface area (Å²) >= 11 is 0. The summed E-state index contributed by atoms with van der Waals surface area (Å²) in [5, 5.41) is 4.37. The minimum Gasteiger partial charge on any atom is -0.377 e. The summed E-state index contributed by atoms with van der Waals surface area (Å²) in [6.07, 6.45) is 4.42. The molecule has 2 aromatic rings. The maximum Gasteiger partial charge on any atom is 0.223 e. The van der Waals surface area contributed by atoms with E-state index in [2.05, 4.69) is 15.0 Å². The molecule has 0 unspecified atom stereocenters. The van der Waals surface area contributed by atoms with Gasteiger partial charge in [-0.3, -0.25) is 9.69 Å². The van der Waals surface area contributed by atoms with E-state index in [4.69, 9.17) is 10.5 Å². The second-order valence-electron chi connectivity index (χ2n) is 7.17. The second kappa shape index (κ2) is 7.55. The molecule has 0 aliphatic carbocycles. The molecule has 2 aliphatic rings. The maximum absolute atomic E-state index is 11.6. The second-order valence-corrected chi connectivity index (χ2v) is 7.17. The van der Waals surface area contributed by atoms with Crippen LogP contribution in [-0.4, -0.2) is 51.4 Å². The van der Waals surface area contributed by atoms with Crippen molar-refractivity contribution in [2.24, 2.45) is 17.6 Å². The van der Waals surface area contributed by atoms with Crippen molar-refractivity contribution < 1.29 is 9.53 Å². The summed E-state index contributed by atoms with van der Waals surface area (Å²) in [6.45, 7) is 3.36. The third-order valence-corrected chi connectivity index (χ3v) is 5.58. The Kier molecular flexibility index (Phi) is 4.99. The number of primary amides is 1. The van der Waals surface area contributed by atoms with E-state index in [0.717, 1.165) is 50.4 Å². The van der Waals surface area contributed by atoms with Crippen LogP contribution in [0.3, 0.4) is 0 Å². The first-order valence-electron chi connectivity index (χ1n) is 9.30. The van der Waals surface area contributed by atoms with Crippen molar-refractivity contribution in [3.63, 3.8) is 0 Å². The van der Waals surface area contributed by atoms with E-state index in [1.807, 2.05) is 35.0 Å². The number of nitrogens with two attached hydrogens (primary N) is 1. The van der Waals surface area contributed by atoms with Crippen molar-refractivity contribution in [3.8, 4) is 5.69 Å². The number of benzene rings is 1. The number of hydrogen-bond acceptors (Lipinski definition) is 5. The zero-order valence-corrected chi connectivity index (χ0v) is 14.8. The summed E-state index contributed by atoms with van der Waals surface area (Å²) in [5.41, 5.74) is 6.56. The van der Waals surface area contributed by atoms with Gasteiger partial charge >= 0.3 is 0 Å². The molecule has 2 N–H and O–H groups in total. The first-order chi connectivity index (χ1) is 12.7. The van der Waals surface area contributed by atoms with Crippen molar-refractivity contribution in [1.82, 2.24) is 19.7 Å². The zero-order valence-electron chi connectivity index (χ0n) is 14.8. The fraction of sp³-hybridized carbons (Fsp3) is 0.526. The predicted octanol–water partition coefficient (Wildman–Crippen LogP) is 1.37. The molecule has 0 radical (unpaired) electrons. The fourth-order valence-electron chi connectivity index (χ4n) is 4.18. The minimum atomic E-state index is -0.217. The van der Waals surface area contributed by atoms with Crippen molar-refractivity contribution in [2.45, 2.75) is 31.9 Å². The molecule has 1 aromatic heterocycles. The molecule has 2 aliphatic heterocycles. The van der Waals surface area contributed by atoms with E-state index in [1.54, 1.807) is 6.33 Å². The molecule has 1 amide bonds. The molecule has 2 atom stereocenters. The lowest BCUT2D eigenvalue weighted by atomic mass is 9.84. The summed E-state index contributed by atoms with van der Waals surface area (Å²) < 4.78 is 7.74. The van der Waals surface area contributed by atoms with Crippen LogP contribution in [0, 0.1) is 11.8 Å². The first-order valence-corrected chi connectivity index (χ1v) is 9.30. The standard InChI is InChI=1S/C19H25N5O2/c20-19(25)16-8-11-26-18(16)14-6-9-23(10-7-14)12-17-21-13-22-24(17)15-4-2-1-3-5-15/h1-5,13-14,16,18H,6-12H2,(H2,20,25)/t16-,18+/m0/s1. The molecule has 138 valence electrons. The number of carbonyl (C=O) groups is 1. The molecular weight excluding hydrogens is 330 g/mol. The van der Waals surface area contributed by atoms with E-state index in [0.29, 0.717) is 12.5 Å². The van der Waals surface area contributed by atoms with Gasteiger partial charge in [0.05, 0.1) is 24.3 Å². The Bertz CT molecular complexity index is 739. The van der Waals surface area contributed by atoms with Crippen molar-refractivity contribution in [1.29, 1.82) is 0 Å². The molecule has 2 saturated heterocycles. The molecular formula is C19H25N5O2. The first kappa shape index (κ1) is 17.2. The Morgan fingerprint density at radius 2 is 1.96 bits per heavy atom. The highest BCUT2D eigenvalue weighted by Gasteiger charge is 2.39. The number of likely N-dealkylation sites (tertiary alicyclic amines) is 1. The van der Waals surface area contributed by atoms with Gasteiger partial charge in [0.15, 0.2) is 0 Å². The molecule has 7 nitrogen and oxygen atoms in total. The number of ether oxygens (including phenoxy) is 1. The molecule has 26 heavy (non-hydrogen) atoms. The molecule has 0 spiro atoms. The topological polar surface area (TPSA) is 86.3 Å². The normalized spacial score (nSPS) is 24.8. The van der Waals surface area contributed by atoms with Gasteiger partial charge in [-0.15, -0.1) is 0 Å². The van der Waals surface area contributed by atoms with Gasteiger partial charge in [0.25, 0.3) is 0 Å². The quantitative estimate of drug-likeness (QED) is 0.875. The van der Waals surface area contributed by atoms with E-state index < -0.39 is 0 Å². The number of para-hydroxylation sites is 1. The average molecular weight is 355 g/mol. The van der Waals surface area contributed by atoms with Crippen LogP contribution in [0.25, 0.3) is 5.69 Å². The molecule has 3 heterocycles. The molecule has 2 fully saturated rings. The number of nitrogens with zero attached hydrogens (tertiary/aromatic N) is 4. The summed E-state index contributed by atoms with van der Waals surface area (Å²) in [5.74, 6) is 1.03. The van der Waals surface area contributed by atoms with Gasteiger partial charge in [-0.1, -0.05) is 18.2 Å². The van der Waals surface area contributed by atoms with Crippen molar-refractivity contribution >= 4 is 5.91 Å². The largest absolute Gasteiger partial charge is 0.377 e. The van der Waals surface area contributed by atoms with Gasteiger partial charge < -0.3 is 10.5 Å². The van der Waals surface area contributed by atoms with Gasteiger partial charge in [0.2, 0.25) is 5.91 Å². The van der Waals surface area contributed by atoms with Gasteiger partial charge in [0, 0.05) is 6.61 Å². The summed E-state index contributed by atoms with van der Waals surface area (Å²) in [7, 11) is 0. The lowest BCUT2D eigenvalue weighted by Gasteiger charge is -2.35. The Balaban J connectivity index is 1.37. The zero-order chi connectivity index (χ0) is 17.9. The van der Waals surface area contributed by atoms with Crippen LogP contribution < -0.4 is 5.73 Å². The summed E-state index contributed by atoms with van der Waals surface area (Å²) in [6, 6.07) is 10.1. The molecule has 1 aromatic carbocycles. The summed E-state index contributed by atoms with van der Waals surface area (Å²) in [4.78, 5) is 18.5. The van der Waals surface area contributed by atoms with Crippen LogP contribution >= 0.6 is 0 Å². The van der Waals surface area contributed by atoms with Gasteiger partial charge in [-0.25, -0.2) is 9.67 Å². The Morgan fingerprint density at radius 3 is 2.69 bits per heavy atom. The SMILES string of the molecule is NC(=O)[C@H]1CCO[C@@H]1C1CCN(Cc2ncnn2-c2ccccc2)CC1. The number of amides is 1. The number of aromatic nitrogens is 3. The highest BCUT2D eigenvalue weighted by atomic mass is 16.5. The average Bonchev–Trinajstić information content (AvgIpc) is 3.32. The lowest BCUT2D eigenvalue weighted by molar-refractivity contribution is -0.124. The van der Waals surface area contributed by atoms with Crippen LogP contribution in [0.1, 0.15) is 25.1 Å². The third-order valence-electron chi connectivity index (χ3n) is 5.58. The van der Waals surface area contributed by atoms with Crippen molar-refractivity contribution in [3.05, 3.63) is 42.5 Å². The fourth-order valence-corrected chi connectivity index (χ4v) is 4.18. The van der Waals surface area contributed by atoms with Gasteiger partial charge in [-0.05, 0) is 50.4 Å². The van der Waals surface area contributed by atoms with Crippen LogP contribution in [-0.2, 0) is 16.1 Å². The maximum atomic E-state index is 11.6. The number of piperidine rings is 1. The van der Waals surface area contributed by atoms with E-state index in [-0.39, 0.29) is 17.9 Å². The van der Waals surface area contributed by atoms with Crippen LogP contribution in [0.2, 0.25) is 0 Å². The lowest BCUT2D eigenvalue weighted by Crippen LogP contribution is -2.42. The third kappa shape index (κ3) is 3.50. The number of carbonyl (C=O) groups excluding carboxylic acids is 1. The highest BCUT2D eigenvalue weighted by Crippen LogP contribution is 2.33. The smallest absolute Gasteiger partial charge is 0.223 e. The molecule has 7 heteroatoms. The Morgan fingerprint density at radius 1 is 1.19 bits per heavy atom.